The third-order valence-electron chi connectivity index (χ3n) is 4.47. The zero-order chi connectivity index (χ0) is 22.3. The zero-order valence-corrected chi connectivity index (χ0v) is 18.4. The van der Waals surface area contributed by atoms with E-state index in [1.54, 1.807) is 48.7 Å². The van der Waals surface area contributed by atoms with Gasteiger partial charge in [0.25, 0.3) is 0 Å². The molecule has 0 saturated carbocycles. The van der Waals surface area contributed by atoms with Crippen molar-refractivity contribution in [1.29, 1.82) is 0 Å². The summed E-state index contributed by atoms with van der Waals surface area (Å²) in [7, 11) is 0. The number of rotatable bonds is 8. The number of benzene rings is 2. The molecular formula is C24H18ClN3O3S. The number of ketones is 1. The predicted molar refractivity (Wildman–Crippen MR) is 126 cm³/mol. The Balaban J connectivity index is 1.33. The van der Waals surface area contributed by atoms with E-state index in [1.807, 2.05) is 29.6 Å². The van der Waals surface area contributed by atoms with Gasteiger partial charge in [0.05, 0.1) is 12.1 Å². The summed E-state index contributed by atoms with van der Waals surface area (Å²) in [6.45, 7) is 0. The number of carbonyl (C=O) groups is 2. The van der Waals surface area contributed by atoms with Crippen molar-refractivity contribution in [2.75, 3.05) is 5.32 Å². The molecule has 0 unspecified atom stereocenters. The minimum atomic E-state index is -0.476. The molecule has 160 valence electrons. The Morgan fingerprint density at radius 2 is 1.81 bits per heavy atom. The number of halogens is 1. The molecule has 0 bridgehead atoms. The fourth-order valence-corrected chi connectivity index (χ4v) is 3.75. The molecular weight excluding hydrogens is 446 g/mol. The van der Waals surface area contributed by atoms with Gasteiger partial charge in [0, 0.05) is 40.3 Å². The highest BCUT2D eigenvalue weighted by Crippen LogP contribution is 2.27. The van der Waals surface area contributed by atoms with E-state index in [-0.39, 0.29) is 18.6 Å². The summed E-state index contributed by atoms with van der Waals surface area (Å²) in [4.78, 5) is 33.2. The molecule has 0 saturated heterocycles. The molecule has 4 rings (SSSR count). The molecule has 0 spiro atoms. The normalized spacial score (nSPS) is 10.5. The lowest BCUT2D eigenvalue weighted by atomic mass is 10.1. The number of carbonyl (C=O) groups excluding carboxylic acids is 2. The van der Waals surface area contributed by atoms with Crippen LogP contribution in [0, 0.1) is 0 Å². The number of Topliss-reactive ketones (excluding diaryl/α,β-unsaturated/α-hetero) is 1. The van der Waals surface area contributed by atoms with Gasteiger partial charge < -0.3 is 10.1 Å². The Kier molecular flexibility index (Phi) is 6.89. The number of hydrogen-bond donors (Lipinski definition) is 1. The molecule has 0 amide bonds. The standard InChI is InChI=1S/C24H18ClN3O3S/c25-17-9-7-16(8-10-17)22(29)11-12-23(30)31-19-5-3-4-18(14-19)27-24-28-21(15-32-24)20-6-1-2-13-26-20/h1-10,13-15H,11-12H2,(H,27,28). The number of aromatic nitrogens is 2. The van der Waals surface area contributed by atoms with Gasteiger partial charge in [-0.05, 0) is 48.5 Å². The van der Waals surface area contributed by atoms with Crippen molar-refractivity contribution < 1.29 is 14.3 Å². The second-order valence-electron chi connectivity index (χ2n) is 6.81. The van der Waals surface area contributed by atoms with Gasteiger partial charge in [0.15, 0.2) is 10.9 Å². The minimum Gasteiger partial charge on any atom is -0.426 e. The van der Waals surface area contributed by atoms with Crippen LogP contribution in [-0.2, 0) is 4.79 Å². The van der Waals surface area contributed by atoms with E-state index in [9.17, 15) is 9.59 Å². The average Bonchev–Trinajstić information content (AvgIpc) is 3.27. The van der Waals surface area contributed by atoms with Gasteiger partial charge in [0.2, 0.25) is 0 Å². The first kappa shape index (κ1) is 21.7. The third-order valence-corrected chi connectivity index (χ3v) is 5.48. The van der Waals surface area contributed by atoms with Gasteiger partial charge in [-0.1, -0.05) is 23.7 Å². The smallest absolute Gasteiger partial charge is 0.311 e. The van der Waals surface area contributed by atoms with Crippen molar-refractivity contribution in [2.24, 2.45) is 0 Å². The highest BCUT2D eigenvalue weighted by Gasteiger charge is 2.12. The van der Waals surface area contributed by atoms with Crippen molar-refractivity contribution in [1.82, 2.24) is 9.97 Å². The van der Waals surface area contributed by atoms with Crippen LogP contribution >= 0.6 is 22.9 Å². The maximum atomic E-state index is 12.2. The summed E-state index contributed by atoms with van der Waals surface area (Å²) in [6.07, 6.45) is 1.77. The highest BCUT2D eigenvalue weighted by molar-refractivity contribution is 7.14. The van der Waals surface area contributed by atoms with Crippen LogP contribution in [0.3, 0.4) is 0 Å². The van der Waals surface area contributed by atoms with Crippen LogP contribution in [0.15, 0.2) is 78.3 Å². The molecule has 6 nitrogen and oxygen atoms in total. The number of thiazole rings is 1. The van der Waals surface area contributed by atoms with E-state index in [2.05, 4.69) is 15.3 Å². The van der Waals surface area contributed by atoms with E-state index in [0.29, 0.717) is 21.5 Å². The summed E-state index contributed by atoms with van der Waals surface area (Å²) < 4.78 is 5.39. The Bertz CT molecular complexity index is 1230. The van der Waals surface area contributed by atoms with Crippen molar-refractivity contribution in [3.63, 3.8) is 0 Å². The van der Waals surface area contributed by atoms with Crippen molar-refractivity contribution in [3.8, 4) is 17.1 Å². The summed E-state index contributed by atoms with van der Waals surface area (Å²) in [5.74, 6) is -0.224. The van der Waals surface area contributed by atoms with Gasteiger partial charge in [-0.2, -0.15) is 0 Å². The third kappa shape index (κ3) is 5.78. The van der Waals surface area contributed by atoms with Gasteiger partial charge in [-0.3, -0.25) is 14.6 Å². The molecule has 1 N–H and O–H groups in total. The minimum absolute atomic E-state index is 0.0148. The van der Waals surface area contributed by atoms with E-state index in [4.69, 9.17) is 16.3 Å². The van der Waals surface area contributed by atoms with Crippen LogP contribution in [-0.4, -0.2) is 21.7 Å². The molecule has 0 atom stereocenters. The Morgan fingerprint density at radius 3 is 2.59 bits per heavy atom. The highest BCUT2D eigenvalue weighted by atomic mass is 35.5. The monoisotopic (exact) mass is 463 g/mol. The fourth-order valence-electron chi connectivity index (χ4n) is 2.90. The summed E-state index contributed by atoms with van der Waals surface area (Å²) in [6, 6.07) is 19.3. The molecule has 0 fully saturated rings. The molecule has 0 radical (unpaired) electrons. The Labute approximate surface area is 193 Å². The molecule has 2 aromatic carbocycles. The molecule has 0 aliphatic carbocycles. The Hall–Kier alpha value is -3.55. The van der Waals surface area contributed by atoms with E-state index in [1.165, 1.54) is 11.3 Å². The number of nitrogens with one attached hydrogen (secondary N) is 1. The van der Waals surface area contributed by atoms with E-state index < -0.39 is 5.97 Å². The average molecular weight is 464 g/mol. The molecule has 0 aliphatic rings. The van der Waals surface area contributed by atoms with Crippen LogP contribution < -0.4 is 10.1 Å². The largest absolute Gasteiger partial charge is 0.426 e. The van der Waals surface area contributed by atoms with Crippen LogP contribution in [0.4, 0.5) is 10.8 Å². The number of pyridine rings is 1. The maximum Gasteiger partial charge on any atom is 0.311 e. The summed E-state index contributed by atoms with van der Waals surface area (Å²) in [5.41, 5.74) is 2.83. The van der Waals surface area contributed by atoms with Crippen molar-refractivity contribution in [3.05, 3.63) is 88.9 Å². The lowest BCUT2D eigenvalue weighted by Gasteiger charge is -2.07. The number of nitrogens with zero attached hydrogens (tertiary/aromatic N) is 2. The summed E-state index contributed by atoms with van der Waals surface area (Å²) >= 11 is 7.28. The first-order valence-electron chi connectivity index (χ1n) is 9.80. The van der Waals surface area contributed by atoms with Crippen LogP contribution in [0.5, 0.6) is 5.75 Å². The number of hydrogen-bond acceptors (Lipinski definition) is 7. The topological polar surface area (TPSA) is 81.2 Å². The van der Waals surface area contributed by atoms with Crippen LogP contribution in [0.1, 0.15) is 23.2 Å². The molecule has 4 aromatic rings. The van der Waals surface area contributed by atoms with E-state index in [0.717, 1.165) is 17.1 Å². The molecule has 32 heavy (non-hydrogen) atoms. The quantitative estimate of drug-likeness (QED) is 0.191. The van der Waals surface area contributed by atoms with Crippen LogP contribution in [0.25, 0.3) is 11.4 Å². The Morgan fingerprint density at radius 1 is 0.969 bits per heavy atom. The predicted octanol–water partition coefficient (Wildman–Crippen LogP) is 6.17. The van der Waals surface area contributed by atoms with Crippen molar-refractivity contribution >= 4 is 45.5 Å². The van der Waals surface area contributed by atoms with E-state index >= 15 is 0 Å². The molecule has 2 heterocycles. The van der Waals surface area contributed by atoms with Crippen LogP contribution in [0.2, 0.25) is 5.02 Å². The second-order valence-corrected chi connectivity index (χ2v) is 8.10. The van der Waals surface area contributed by atoms with Gasteiger partial charge in [0.1, 0.15) is 11.4 Å². The maximum absolute atomic E-state index is 12.2. The second kappa shape index (κ2) is 10.2. The first-order chi connectivity index (χ1) is 15.6. The number of ether oxygens (including phenoxy) is 1. The lowest BCUT2D eigenvalue weighted by Crippen LogP contribution is -2.11. The zero-order valence-electron chi connectivity index (χ0n) is 16.8. The van der Waals surface area contributed by atoms with Gasteiger partial charge in [-0.15, -0.1) is 11.3 Å². The lowest BCUT2D eigenvalue weighted by molar-refractivity contribution is -0.134. The van der Waals surface area contributed by atoms with Crippen molar-refractivity contribution in [2.45, 2.75) is 12.8 Å². The molecule has 0 aliphatic heterocycles. The fraction of sp³-hybridized carbons (Fsp3) is 0.0833. The molecule has 2 aromatic heterocycles. The van der Waals surface area contributed by atoms with Gasteiger partial charge >= 0.3 is 5.97 Å². The number of esters is 1. The summed E-state index contributed by atoms with van der Waals surface area (Å²) in [5, 5.41) is 6.38. The SMILES string of the molecule is O=C(CCC(=O)c1ccc(Cl)cc1)Oc1cccc(Nc2nc(-c3ccccn3)cs2)c1. The molecule has 8 heteroatoms. The first-order valence-corrected chi connectivity index (χ1v) is 11.1. The van der Waals surface area contributed by atoms with Gasteiger partial charge in [-0.25, -0.2) is 4.98 Å². The number of anilines is 2.